The number of rotatable bonds is 4. The van der Waals surface area contributed by atoms with E-state index in [0.717, 1.165) is 11.3 Å². The van der Waals surface area contributed by atoms with Gasteiger partial charge < -0.3 is 9.73 Å². The Hall–Kier alpha value is -2.62. The van der Waals surface area contributed by atoms with Crippen LogP contribution in [0.15, 0.2) is 52.9 Å². The fourth-order valence-electron chi connectivity index (χ4n) is 2.07. The Morgan fingerprint density at radius 1 is 0.952 bits per heavy atom. The van der Waals surface area contributed by atoms with Gasteiger partial charge in [0.25, 0.3) is 0 Å². The number of benzene rings is 2. The van der Waals surface area contributed by atoms with Crippen molar-refractivity contribution < 1.29 is 4.42 Å². The Bertz CT molecular complexity index is 732. The molecule has 3 rings (SSSR count). The molecule has 0 atom stereocenters. The second kappa shape index (κ2) is 5.79. The van der Waals surface area contributed by atoms with Gasteiger partial charge in [-0.15, -0.1) is 10.2 Å². The van der Waals surface area contributed by atoms with Gasteiger partial charge in [-0.3, -0.25) is 0 Å². The molecule has 21 heavy (non-hydrogen) atoms. The SMILES string of the molecule is Cc1ccc(-c2nnc(CNc3cccc(C)c3)o2)cc1. The summed E-state index contributed by atoms with van der Waals surface area (Å²) in [7, 11) is 0. The first-order chi connectivity index (χ1) is 10.2. The molecule has 4 nitrogen and oxygen atoms in total. The van der Waals surface area contributed by atoms with E-state index in [9.17, 15) is 0 Å². The summed E-state index contributed by atoms with van der Waals surface area (Å²) in [6.45, 7) is 4.63. The zero-order chi connectivity index (χ0) is 14.7. The highest BCUT2D eigenvalue weighted by atomic mass is 16.4. The zero-order valence-electron chi connectivity index (χ0n) is 12.1. The maximum Gasteiger partial charge on any atom is 0.247 e. The molecule has 0 spiro atoms. The fourth-order valence-corrected chi connectivity index (χ4v) is 2.07. The van der Waals surface area contributed by atoms with E-state index >= 15 is 0 Å². The van der Waals surface area contributed by atoms with Crippen molar-refractivity contribution >= 4 is 5.69 Å². The van der Waals surface area contributed by atoms with Gasteiger partial charge in [-0.2, -0.15) is 0 Å². The third-order valence-corrected chi connectivity index (χ3v) is 3.23. The molecule has 106 valence electrons. The van der Waals surface area contributed by atoms with Gasteiger partial charge in [-0.1, -0.05) is 29.8 Å². The topological polar surface area (TPSA) is 51.0 Å². The first kappa shape index (κ1) is 13.4. The summed E-state index contributed by atoms with van der Waals surface area (Å²) in [5.74, 6) is 1.13. The molecule has 0 saturated carbocycles. The van der Waals surface area contributed by atoms with Gasteiger partial charge in [-0.25, -0.2) is 0 Å². The molecule has 0 bridgehead atoms. The van der Waals surface area contributed by atoms with Gasteiger partial charge in [0.15, 0.2) is 0 Å². The molecule has 0 unspecified atom stereocenters. The Morgan fingerprint density at radius 2 is 1.76 bits per heavy atom. The number of nitrogens with one attached hydrogen (secondary N) is 1. The lowest BCUT2D eigenvalue weighted by Crippen LogP contribution is -1.99. The molecule has 0 radical (unpaired) electrons. The summed E-state index contributed by atoms with van der Waals surface area (Å²) in [4.78, 5) is 0. The summed E-state index contributed by atoms with van der Waals surface area (Å²) in [5, 5.41) is 11.4. The molecule has 0 fully saturated rings. The van der Waals surface area contributed by atoms with Crippen LogP contribution in [0.1, 0.15) is 17.0 Å². The van der Waals surface area contributed by atoms with Crippen LogP contribution < -0.4 is 5.32 Å². The van der Waals surface area contributed by atoms with Gasteiger partial charge in [0, 0.05) is 11.3 Å². The first-order valence-corrected chi connectivity index (χ1v) is 6.91. The van der Waals surface area contributed by atoms with Gasteiger partial charge in [0.2, 0.25) is 11.8 Å². The highest BCUT2D eigenvalue weighted by Crippen LogP contribution is 2.19. The summed E-state index contributed by atoms with van der Waals surface area (Å²) >= 11 is 0. The normalized spacial score (nSPS) is 10.6. The highest BCUT2D eigenvalue weighted by molar-refractivity contribution is 5.53. The number of aryl methyl sites for hydroxylation is 2. The predicted octanol–water partition coefficient (Wildman–Crippen LogP) is 3.97. The molecule has 1 aromatic heterocycles. The van der Waals surface area contributed by atoms with Crippen LogP contribution in [-0.2, 0) is 6.54 Å². The van der Waals surface area contributed by atoms with Crippen LogP contribution in [0.3, 0.4) is 0 Å². The Morgan fingerprint density at radius 3 is 2.52 bits per heavy atom. The third-order valence-electron chi connectivity index (χ3n) is 3.23. The van der Waals surface area contributed by atoms with E-state index in [1.165, 1.54) is 11.1 Å². The van der Waals surface area contributed by atoms with Crippen LogP contribution in [0.5, 0.6) is 0 Å². The van der Waals surface area contributed by atoms with Crippen molar-refractivity contribution in [3.8, 4) is 11.5 Å². The monoisotopic (exact) mass is 279 g/mol. The van der Waals surface area contributed by atoms with Gasteiger partial charge in [0.05, 0.1) is 6.54 Å². The minimum Gasteiger partial charge on any atom is -0.419 e. The first-order valence-electron chi connectivity index (χ1n) is 6.91. The molecule has 1 heterocycles. The molecule has 0 aliphatic rings. The minimum atomic E-state index is 0.516. The van der Waals surface area contributed by atoms with Crippen LogP contribution in [0, 0.1) is 13.8 Å². The number of nitrogens with zero attached hydrogens (tertiary/aromatic N) is 2. The Labute approximate surface area is 123 Å². The van der Waals surface area contributed by atoms with E-state index in [0.29, 0.717) is 18.3 Å². The Balaban J connectivity index is 1.69. The standard InChI is InChI=1S/C17H17N3O/c1-12-6-8-14(9-7-12)17-20-19-16(21-17)11-18-15-5-3-4-13(2)10-15/h3-10,18H,11H2,1-2H3. The van der Waals surface area contributed by atoms with E-state index < -0.39 is 0 Å². The minimum absolute atomic E-state index is 0.516. The number of hydrogen-bond acceptors (Lipinski definition) is 4. The average Bonchev–Trinajstić information content (AvgIpc) is 2.95. The van der Waals surface area contributed by atoms with Crippen molar-refractivity contribution in [3.63, 3.8) is 0 Å². The van der Waals surface area contributed by atoms with E-state index in [1.807, 2.05) is 36.4 Å². The van der Waals surface area contributed by atoms with E-state index in [1.54, 1.807) is 0 Å². The van der Waals surface area contributed by atoms with Crippen molar-refractivity contribution in [1.29, 1.82) is 0 Å². The van der Waals surface area contributed by atoms with Gasteiger partial charge in [-0.05, 0) is 43.7 Å². The van der Waals surface area contributed by atoms with Crippen molar-refractivity contribution in [1.82, 2.24) is 10.2 Å². The Kier molecular flexibility index (Phi) is 3.69. The molecular weight excluding hydrogens is 262 g/mol. The molecule has 0 saturated heterocycles. The molecule has 4 heteroatoms. The second-order valence-corrected chi connectivity index (χ2v) is 5.09. The van der Waals surface area contributed by atoms with E-state index in [4.69, 9.17) is 4.42 Å². The van der Waals surface area contributed by atoms with Crippen molar-refractivity contribution in [2.75, 3.05) is 5.32 Å². The highest BCUT2D eigenvalue weighted by Gasteiger charge is 2.08. The fraction of sp³-hybridized carbons (Fsp3) is 0.176. The molecule has 1 N–H and O–H groups in total. The number of aromatic nitrogens is 2. The summed E-state index contributed by atoms with van der Waals surface area (Å²) in [6, 6.07) is 16.2. The lowest BCUT2D eigenvalue weighted by Gasteiger charge is -2.03. The summed E-state index contributed by atoms with van der Waals surface area (Å²) < 4.78 is 5.68. The number of hydrogen-bond donors (Lipinski definition) is 1. The zero-order valence-corrected chi connectivity index (χ0v) is 12.1. The van der Waals surface area contributed by atoms with Crippen LogP contribution in [0.4, 0.5) is 5.69 Å². The largest absolute Gasteiger partial charge is 0.419 e. The lowest BCUT2D eigenvalue weighted by molar-refractivity contribution is 0.515. The molecule has 0 aliphatic carbocycles. The maximum atomic E-state index is 5.68. The molecular formula is C17H17N3O. The van der Waals surface area contributed by atoms with Crippen LogP contribution in [-0.4, -0.2) is 10.2 Å². The van der Waals surface area contributed by atoms with Crippen LogP contribution >= 0.6 is 0 Å². The molecule has 0 aliphatic heterocycles. The third kappa shape index (κ3) is 3.28. The molecule has 3 aromatic rings. The average molecular weight is 279 g/mol. The quantitative estimate of drug-likeness (QED) is 0.785. The predicted molar refractivity (Wildman–Crippen MR) is 83.0 cm³/mol. The van der Waals surface area contributed by atoms with Gasteiger partial charge >= 0.3 is 0 Å². The summed E-state index contributed by atoms with van der Waals surface area (Å²) in [5.41, 5.74) is 4.41. The van der Waals surface area contributed by atoms with Crippen molar-refractivity contribution in [3.05, 3.63) is 65.5 Å². The van der Waals surface area contributed by atoms with Crippen molar-refractivity contribution in [2.45, 2.75) is 20.4 Å². The number of anilines is 1. The smallest absolute Gasteiger partial charge is 0.247 e. The van der Waals surface area contributed by atoms with Crippen LogP contribution in [0.2, 0.25) is 0 Å². The van der Waals surface area contributed by atoms with Crippen molar-refractivity contribution in [2.24, 2.45) is 0 Å². The second-order valence-electron chi connectivity index (χ2n) is 5.09. The lowest BCUT2D eigenvalue weighted by atomic mass is 10.1. The maximum absolute atomic E-state index is 5.68. The van der Waals surface area contributed by atoms with E-state index in [2.05, 4.69) is 41.5 Å². The van der Waals surface area contributed by atoms with Crippen LogP contribution in [0.25, 0.3) is 11.5 Å². The van der Waals surface area contributed by atoms with Gasteiger partial charge in [0.1, 0.15) is 0 Å². The summed E-state index contributed by atoms with van der Waals surface area (Å²) in [6.07, 6.45) is 0. The van der Waals surface area contributed by atoms with E-state index in [-0.39, 0.29) is 0 Å². The molecule has 2 aromatic carbocycles. The molecule has 0 amide bonds.